The van der Waals surface area contributed by atoms with Gasteiger partial charge in [0.05, 0.1) is 6.61 Å². The van der Waals surface area contributed by atoms with E-state index in [1.807, 2.05) is 19.2 Å². The zero-order valence-electron chi connectivity index (χ0n) is 9.22. The van der Waals surface area contributed by atoms with Crippen molar-refractivity contribution in [3.8, 4) is 0 Å². The molecule has 0 spiro atoms. The maximum atomic E-state index is 9.56. The molecule has 0 rings (SSSR count). The topological polar surface area (TPSA) is 66.8 Å². The van der Waals surface area contributed by atoms with Crippen molar-refractivity contribution in [3.63, 3.8) is 0 Å². The minimum Gasteiger partial charge on any atom is -0.299 e. The van der Waals surface area contributed by atoms with Crippen molar-refractivity contribution in [2.24, 2.45) is 0 Å². The lowest BCUT2D eigenvalue weighted by molar-refractivity contribution is 0.283. The van der Waals surface area contributed by atoms with Crippen molar-refractivity contribution >= 4 is 10.4 Å². The summed E-state index contributed by atoms with van der Waals surface area (Å²) >= 11 is 0. The van der Waals surface area contributed by atoms with Crippen LogP contribution < -0.4 is 0 Å². The van der Waals surface area contributed by atoms with E-state index in [0.717, 1.165) is 13.1 Å². The maximum Gasteiger partial charge on any atom is 0.397 e. The van der Waals surface area contributed by atoms with Crippen LogP contribution in [0, 0.1) is 0 Å². The third-order valence-electron chi connectivity index (χ3n) is 1.15. The average Bonchev–Trinajstić information content (AvgIpc) is 2.03. The predicted molar refractivity (Wildman–Crippen MR) is 61.1 cm³/mol. The van der Waals surface area contributed by atoms with Crippen molar-refractivity contribution < 1.29 is 17.2 Å². The van der Waals surface area contributed by atoms with Crippen molar-refractivity contribution in [2.45, 2.75) is 6.92 Å². The Bertz CT molecular complexity index is 251. The van der Waals surface area contributed by atoms with Gasteiger partial charge in [-0.25, -0.2) is 4.18 Å². The molecule has 0 aromatic carbocycles. The molecule has 0 atom stereocenters. The van der Waals surface area contributed by atoms with E-state index in [1.54, 1.807) is 0 Å². The lowest BCUT2D eigenvalue weighted by Gasteiger charge is -2.09. The lowest BCUT2D eigenvalue weighted by Crippen LogP contribution is -2.17. The smallest absolute Gasteiger partial charge is 0.299 e. The Morgan fingerprint density at radius 3 is 1.87 bits per heavy atom. The van der Waals surface area contributed by atoms with Gasteiger partial charge in [0.1, 0.15) is 0 Å². The zero-order valence-corrected chi connectivity index (χ0v) is 10.0. The molecule has 0 aliphatic rings. The summed E-state index contributed by atoms with van der Waals surface area (Å²) < 4.78 is 30.7. The van der Waals surface area contributed by atoms with Gasteiger partial charge in [0.2, 0.25) is 0 Å². The summed E-state index contributed by atoms with van der Waals surface area (Å²) in [6.45, 7) is 10.5. The van der Waals surface area contributed by atoms with Crippen LogP contribution in [0.4, 0.5) is 0 Å². The first-order valence-corrected chi connectivity index (χ1v) is 5.76. The number of nitrogens with zero attached hydrogens (tertiary/aromatic N) is 1. The molecule has 0 aliphatic heterocycles. The first-order chi connectivity index (χ1) is 6.87. The van der Waals surface area contributed by atoms with E-state index in [4.69, 9.17) is 4.55 Å². The molecule has 0 saturated heterocycles. The van der Waals surface area contributed by atoms with Crippen LogP contribution in [0.5, 0.6) is 0 Å². The number of likely N-dealkylation sites (N-methyl/N-ethyl adjacent to an activating group) is 1. The van der Waals surface area contributed by atoms with Crippen LogP contribution in [0.2, 0.25) is 0 Å². The summed E-state index contributed by atoms with van der Waals surface area (Å²) in [5.74, 6) is 0. The van der Waals surface area contributed by atoms with Crippen LogP contribution >= 0.6 is 0 Å². The molecule has 90 valence electrons. The molecule has 0 saturated carbocycles. The molecular formula is C9H19NO4S. The fourth-order valence-corrected chi connectivity index (χ4v) is 0.962. The summed E-state index contributed by atoms with van der Waals surface area (Å²) in [6.07, 6.45) is 3.76. The molecule has 0 aromatic rings. The van der Waals surface area contributed by atoms with E-state index in [-0.39, 0.29) is 6.61 Å². The standard InChI is InChI=1S/C7H13N.C2H6O4S/c1-4-6-8(3)7-5-2;1-2-6-7(3,4)5/h4-5H,1-2,6-7H2,3H3;2H2,1H3,(H,3,4,5). The van der Waals surface area contributed by atoms with Gasteiger partial charge in [-0.15, -0.1) is 13.2 Å². The van der Waals surface area contributed by atoms with Gasteiger partial charge in [0, 0.05) is 13.1 Å². The first-order valence-electron chi connectivity index (χ1n) is 4.39. The monoisotopic (exact) mass is 237 g/mol. The van der Waals surface area contributed by atoms with Crippen LogP contribution in [0.1, 0.15) is 6.92 Å². The van der Waals surface area contributed by atoms with Gasteiger partial charge >= 0.3 is 10.4 Å². The molecule has 0 radical (unpaired) electrons. The Hall–Kier alpha value is -0.690. The number of rotatable bonds is 6. The third-order valence-corrected chi connectivity index (χ3v) is 1.68. The Balaban J connectivity index is 0. The summed E-state index contributed by atoms with van der Waals surface area (Å²) in [7, 11) is -2.14. The quantitative estimate of drug-likeness (QED) is 0.554. The molecule has 0 fully saturated rings. The van der Waals surface area contributed by atoms with Gasteiger partial charge in [-0.05, 0) is 14.0 Å². The fourth-order valence-electron chi connectivity index (χ4n) is 0.664. The predicted octanol–water partition coefficient (Wildman–Crippen LogP) is 1.12. The fraction of sp³-hybridized carbons (Fsp3) is 0.556. The summed E-state index contributed by atoms with van der Waals surface area (Å²) in [5, 5.41) is 0. The largest absolute Gasteiger partial charge is 0.397 e. The van der Waals surface area contributed by atoms with Crippen molar-refractivity contribution in [2.75, 3.05) is 26.7 Å². The second kappa shape index (κ2) is 9.85. The van der Waals surface area contributed by atoms with Crippen LogP contribution in [0.25, 0.3) is 0 Å². The van der Waals surface area contributed by atoms with Crippen LogP contribution in [-0.2, 0) is 14.6 Å². The van der Waals surface area contributed by atoms with Crippen molar-refractivity contribution in [3.05, 3.63) is 25.3 Å². The van der Waals surface area contributed by atoms with Gasteiger partial charge in [-0.2, -0.15) is 8.42 Å². The highest BCUT2D eigenvalue weighted by atomic mass is 32.3. The van der Waals surface area contributed by atoms with E-state index in [1.165, 1.54) is 6.92 Å². The first kappa shape index (κ1) is 16.7. The Labute approximate surface area is 92.0 Å². The highest BCUT2D eigenvalue weighted by Crippen LogP contribution is 1.81. The molecule has 0 aromatic heterocycles. The van der Waals surface area contributed by atoms with Gasteiger partial charge in [0.25, 0.3) is 0 Å². The average molecular weight is 237 g/mol. The Morgan fingerprint density at radius 2 is 1.73 bits per heavy atom. The SMILES string of the molecule is C=CCN(C)CC=C.CCOS(=O)(=O)O. The molecule has 0 aliphatic carbocycles. The minimum atomic E-state index is -4.17. The molecule has 0 heterocycles. The normalized spacial score (nSPS) is 10.4. The van der Waals surface area contributed by atoms with Gasteiger partial charge in [0.15, 0.2) is 0 Å². The summed E-state index contributed by atoms with van der Waals surface area (Å²) in [5.41, 5.74) is 0. The van der Waals surface area contributed by atoms with Crippen LogP contribution in [-0.4, -0.2) is 44.6 Å². The molecule has 0 bridgehead atoms. The van der Waals surface area contributed by atoms with E-state index in [0.29, 0.717) is 0 Å². The van der Waals surface area contributed by atoms with Gasteiger partial charge < -0.3 is 0 Å². The minimum absolute atomic E-state index is 0.0289. The molecule has 15 heavy (non-hydrogen) atoms. The molecule has 6 heteroatoms. The van der Waals surface area contributed by atoms with E-state index >= 15 is 0 Å². The third kappa shape index (κ3) is 19.6. The molecule has 0 amide bonds. The van der Waals surface area contributed by atoms with E-state index in [2.05, 4.69) is 22.2 Å². The Morgan fingerprint density at radius 1 is 1.33 bits per heavy atom. The number of hydrogen-bond acceptors (Lipinski definition) is 4. The van der Waals surface area contributed by atoms with Gasteiger partial charge in [-0.3, -0.25) is 9.45 Å². The number of hydrogen-bond donors (Lipinski definition) is 1. The van der Waals surface area contributed by atoms with Crippen molar-refractivity contribution in [1.29, 1.82) is 0 Å². The summed E-state index contributed by atoms with van der Waals surface area (Å²) in [4.78, 5) is 2.12. The molecular weight excluding hydrogens is 218 g/mol. The van der Waals surface area contributed by atoms with E-state index in [9.17, 15) is 8.42 Å². The second-order valence-electron chi connectivity index (χ2n) is 2.63. The molecule has 5 nitrogen and oxygen atoms in total. The van der Waals surface area contributed by atoms with Crippen LogP contribution in [0.15, 0.2) is 25.3 Å². The molecule has 1 N–H and O–H groups in total. The highest BCUT2D eigenvalue weighted by molar-refractivity contribution is 7.80. The Kier molecular flexibility index (Phi) is 11.0. The molecule has 0 unspecified atom stereocenters. The van der Waals surface area contributed by atoms with Crippen LogP contribution in [0.3, 0.4) is 0 Å². The maximum absolute atomic E-state index is 9.56. The summed E-state index contributed by atoms with van der Waals surface area (Å²) in [6, 6.07) is 0. The van der Waals surface area contributed by atoms with Crippen molar-refractivity contribution in [1.82, 2.24) is 4.90 Å². The lowest BCUT2D eigenvalue weighted by atomic mass is 10.5. The van der Waals surface area contributed by atoms with Gasteiger partial charge in [-0.1, -0.05) is 12.2 Å². The van der Waals surface area contributed by atoms with E-state index < -0.39 is 10.4 Å². The second-order valence-corrected chi connectivity index (χ2v) is 3.72. The highest BCUT2D eigenvalue weighted by Gasteiger charge is 1.98. The zero-order chi connectivity index (χ0) is 12.3.